The van der Waals surface area contributed by atoms with Crippen molar-refractivity contribution in [3.05, 3.63) is 23.4 Å². The Morgan fingerprint density at radius 3 is 2.42 bits per heavy atom. The van der Waals surface area contributed by atoms with Crippen molar-refractivity contribution in [3.63, 3.8) is 0 Å². The zero-order chi connectivity index (χ0) is 25.2. The summed E-state index contributed by atoms with van der Waals surface area (Å²) in [6.07, 6.45) is 17.8. The maximum atomic E-state index is 11.8. The molecular weight excluding hydrogens is 450 g/mol. The molecule has 5 nitrogen and oxygen atoms in total. The van der Waals surface area contributed by atoms with Gasteiger partial charge in [0.15, 0.2) is 0 Å². The minimum atomic E-state index is -0.148. The van der Waals surface area contributed by atoms with Crippen molar-refractivity contribution >= 4 is 16.9 Å². The molecule has 200 valence electrons. The lowest BCUT2D eigenvalue weighted by molar-refractivity contribution is -0.143. The summed E-state index contributed by atoms with van der Waals surface area (Å²) in [6.45, 7) is 6.75. The molecule has 5 heteroatoms. The van der Waals surface area contributed by atoms with E-state index in [1.165, 1.54) is 86.4 Å². The van der Waals surface area contributed by atoms with Crippen LogP contribution in [0.15, 0.2) is 12.1 Å². The van der Waals surface area contributed by atoms with Crippen LogP contribution in [0.2, 0.25) is 0 Å². The molecule has 0 radical (unpaired) electrons. The topological polar surface area (TPSA) is 49.7 Å². The van der Waals surface area contributed by atoms with E-state index in [1.54, 1.807) is 0 Å². The molecule has 1 aromatic carbocycles. The molecular formula is C31H47NO4. The van der Waals surface area contributed by atoms with Crippen LogP contribution in [-0.4, -0.2) is 30.4 Å². The van der Waals surface area contributed by atoms with E-state index >= 15 is 0 Å². The van der Waals surface area contributed by atoms with E-state index in [9.17, 15) is 4.79 Å². The SMILES string of the molecule is CCCOc1cc(OCCCC(=O)OCC)c2c3c(n(CC4CCCCCCCC4)c2c1)CCCC3. The van der Waals surface area contributed by atoms with Crippen molar-refractivity contribution in [2.45, 2.75) is 117 Å². The quantitative estimate of drug-likeness (QED) is 0.235. The standard InChI is InChI=1S/C31H47NO4/c1-3-19-35-25-21-28-31(29(22-25)36-20-13-18-30(33)34-4-2)26-16-11-12-17-27(26)32(28)23-24-14-9-7-5-6-8-10-15-24/h21-22,24H,3-20,23H2,1-2H3. The Bertz CT molecular complexity index is 969. The molecule has 1 aromatic heterocycles. The van der Waals surface area contributed by atoms with Crippen molar-refractivity contribution in [1.29, 1.82) is 0 Å². The first kappa shape index (κ1) is 26.9. The first-order valence-electron chi connectivity index (χ1n) is 14.8. The Hall–Kier alpha value is -2.17. The number of hydrogen-bond donors (Lipinski definition) is 0. The molecule has 0 aliphatic heterocycles. The lowest BCUT2D eigenvalue weighted by atomic mass is 9.94. The third-order valence-electron chi connectivity index (χ3n) is 7.89. The van der Waals surface area contributed by atoms with E-state index in [-0.39, 0.29) is 5.97 Å². The highest BCUT2D eigenvalue weighted by atomic mass is 16.5. The lowest BCUT2D eigenvalue weighted by Crippen LogP contribution is -2.15. The van der Waals surface area contributed by atoms with E-state index in [0.717, 1.165) is 43.2 Å². The molecule has 0 N–H and O–H groups in total. The maximum absolute atomic E-state index is 11.8. The van der Waals surface area contributed by atoms with Crippen LogP contribution in [0.1, 0.15) is 109 Å². The van der Waals surface area contributed by atoms with Crippen molar-refractivity contribution in [3.8, 4) is 11.5 Å². The monoisotopic (exact) mass is 497 g/mol. The van der Waals surface area contributed by atoms with Crippen LogP contribution in [0.25, 0.3) is 10.9 Å². The number of aryl methyl sites for hydroxylation is 1. The first-order chi connectivity index (χ1) is 17.7. The molecule has 0 atom stereocenters. The normalized spacial score (nSPS) is 17.2. The van der Waals surface area contributed by atoms with E-state index in [1.807, 2.05) is 6.92 Å². The second-order valence-corrected chi connectivity index (χ2v) is 10.7. The Morgan fingerprint density at radius 1 is 0.917 bits per heavy atom. The van der Waals surface area contributed by atoms with E-state index in [2.05, 4.69) is 23.6 Å². The molecule has 0 amide bonds. The number of carbonyl (C=O) groups is 1. The van der Waals surface area contributed by atoms with E-state index in [0.29, 0.717) is 32.7 Å². The highest BCUT2D eigenvalue weighted by Gasteiger charge is 2.25. The van der Waals surface area contributed by atoms with Gasteiger partial charge in [-0.25, -0.2) is 0 Å². The third kappa shape index (κ3) is 6.98. The summed E-state index contributed by atoms with van der Waals surface area (Å²) in [6, 6.07) is 4.35. The molecule has 2 aromatic rings. The summed E-state index contributed by atoms with van der Waals surface area (Å²) in [7, 11) is 0. The molecule has 0 unspecified atom stereocenters. The fourth-order valence-corrected chi connectivity index (χ4v) is 6.11. The molecule has 36 heavy (non-hydrogen) atoms. The summed E-state index contributed by atoms with van der Waals surface area (Å²) in [5, 5.41) is 1.28. The van der Waals surface area contributed by atoms with Gasteiger partial charge in [-0.1, -0.05) is 45.4 Å². The van der Waals surface area contributed by atoms with Gasteiger partial charge in [-0.3, -0.25) is 4.79 Å². The molecule has 2 aliphatic carbocycles. The summed E-state index contributed by atoms with van der Waals surface area (Å²) < 4.78 is 20.3. The van der Waals surface area contributed by atoms with Crippen LogP contribution in [0.4, 0.5) is 0 Å². The molecule has 0 bridgehead atoms. The number of ether oxygens (including phenoxy) is 3. The van der Waals surface area contributed by atoms with Crippen molar-refractivity contribution in [2.24, 2.45) is 5.92 Å². The second kappa shape index (κ2) is 13.9. The molecule has 1 fully saturated rings. The highest BCUT2D eigenvalue weighted by Crippen LogP contribution is 2.41. The maximum Gasteiger partial charge on any atom is 0.305 e. The minimum Gasteiger partial charge on any atom is -0.493 e. The Kier molecular flexibility index (Phi) is 10.4. The summed E-state index contributed by atoms with van der Waals surface area (Å²) in [4.78, 5) is 11.8. The van der Waals surface area contributed by atoms with Crippen LogP contribution >= 0.6 is 0 Å². The fraction of sp³-hybridized carbons (Fsp3) is 0.710. The second-order valence-electron chi connectivity index (χ2n) is 10.7. The van der Waals surface area contributed by atoms with E-state index in [4.69, 9.17) is 14.2 Å². The largest absolute Gasteiger partial charge is 0.493 e. The molecule has 1 saturated carbocycles. The zero-order valence-corrected chi connectivity index (χ0v) is 22.7. The zero-order valence-electron chi connectivity index (χ0n) is 22.7. The predicted molar refractivity (Wildman–Crippen MR) is 146 cm³/mol. The summed E-state index contributed by atoms with van der Waals surface area (Å²) in [5.41, 5.74) is 4.30. The average molecular weight is 498 g/mol. The lowest BCUT2D eigenvalue weighted by Gasteiger charge is -2.21. The fourth-order valence-electron chi connectivity index (χ4n) is 6.11. The van der Waals surface area contributed by atoms with Gasteiger partial charge < -0.3 is 18.8 Å². The molecule has 1 heterocycles. The number of benzene rings is 1. The Balaban J connectivity index is 1.64. The van der Waals surface area contributed by atoms with Gasteiger partial charge in [-0.15, -0.1) is 0 Å². The molecule has 0 saturated heterocycles. The van der Waals surface area contributed by atoms with Crippen LogP contribution in [0.5, 0.6) is 11.5 Å². The number of fused-ring (bicyclic) bond motifs is 3. The van der Waals surface area contributed by atoms with Gasteiger partial charge in [-0.2, -0.15) is 0 Å². The number of esters is 1. The number of aromatic nitrogens is 1. The van der Waals surface area contributed by atoms with Gasteiger partial charge in [0.25, 0.3) is 0 Å². The molecule has 4 rings (SSSR count). The minimum absolute atomic E-state index is 0.148. The average Bonchev–Trinajstić information content (AvgIpc) is 3.26. The van der Waals surface area contributed by atoms with Crippen LogP contribution < -0.4 is 9.47 Å². The number of hydrogen-bond acceptors (Lipinski definition) is 4. The van der Waals surface area contributed by atoms with Crippen LogP contribution in [0, 0.1) is 5.92 Å². The van der Waals surface area contributed by atoms with Crippen molar-refractivity contribution in [1.82, 2.24) is 4.57 Å². The van der Waals surface area contributed by atoms with Gasteiger partial charge in [-0.05, 0) is 69.8 Å². The first-order valence-corrected chi connectivity index (χ1v) is 14.8. The summed E-state index contributed by atoms with van der Waals surface area (Å²) >= 11 is 0. The van der Waals surface area contributed by atoms with Crippen molar-refractivity contribution < 1.29 is 19.0 Å². The van der Waals surface area contributed by atoms with Crippen LogP contribution in [-0.2, 0) is 28.9 Å². The van der Waals surface area contributed by atoms with Crippen molar-refractivity contribution in [2.75, 3.05) is 19.8 Å². The van der Waals surface area contributed by atoms with Gasteiger partial charge >= 0.3 is 5.97 Å². The molecule has 0 spiro atoms. The Morgan fingerprint density at radius 2 is 1.67 bits per heavy atom. The molecule has 2 aliphatic rings. The number of nitrogens with zero attached hydrogens (tertiary/aromatic N) is 1. The summed E-state index contributed by atoms with van der Waals surface area (Å²) in [5.74, 6) is 2.42. The number of rotatable bonds is 11. The van der Waals surface area contributed by atoms with Crippen LogP contribution in [0.3, 0.4) is 0 Å². The van der Waals surface area contributed by atoms with E-state index < -0.39 is 0 Å². The Labute approximate surface area is 217 Å². The number of carbonyl (C=O) groups excluding carboxylic acids is 1. The third-order valence-corrected chi connectivity index (χ3v) is 7.89. The smallest absolute Gasteiger partial charge is 0.305 e. The highest BCUT2D eigenvalue weighted by molar-refractivity contribution is 5.93. The van der Waals surface area contributed by atoms with Gasteiger partial charge in [0.05, 0.1) is 25.3 Å². The van der Waals surface area contributed by atoms with Gasteiger partial charge in [0.2, 0.25) is 0 Å². The predicted octanol–water partition coefficient (Wildman–Crippen LogP) is 7.78. The van der Waals surface area contributed by atoms with Gasteiger partial charge in [0.1, 0.15) is 11.5 Å². The van der Waals surface area contributed by atoms with Gasteiger partial charge in [0, 0.05) is 36.2 Å².